The first-order valence-corrected chi connectivity index (χ1v) is 9.07. The Morgan fingerprint density at radius 2 is 1.75 bits per heavy atom. The molecule has 28 heavy (non-hydrogen) atoms. The lowest BCUT2D eigenvalue weighted by molar-refractivity contribution is 0.414. The molecule has 4 heteroatoms. The van der Waals surface area contributed by atoms with Crippen molar-refractivity contribution in [1.82, 2.24) is 9.55 Å². The van der Waals surface area contributed by atoms with Crippen molar-refractivity contribution >= 4 is 23.1 Å². The van der Waals surface area contributed by atoms with E-state index in [4.69, 9.17) is 9.72 Å². The molecule has 0 saturated carbocycles. The first-order chi connectivity index (χ1) is 13.7. The molecule has 1 aromatic heterocycles. The van der Waals surface area contributed by atoms with Gasteiger partial charge in [0.1, 0.15) is 11.6 Å². The molecule has 0 bridgehead atoms. The first-order valence-electron chi connectivity index (χ1n) is 9.07. The molecule has 0 saturated heterocycles. The zero-order valence-electron chi connectivity index (χ0n) is 15.8. The van der Waals surface area contributed by atoms with E-state index in [1.165, 1.54) is 5.56 Å². The quantitative estimate of drug-likeness (QED) is 0.516. The Morgan fingerprint density at radius 3 is 2.57 bits per heavy atom. The van der Waals surface area contributed by atoms with Gasteiger partial charge in [0.25, 0.3) is 5.56 Å². The van der Waals surface area contributed by atoms with Crippen molar-refractivity contribution in [3.63, 3.8) is 0 Å². The number of aromatic nitrogens is 2. The molecule has 0 radical (unpaired) electrons. The lowest BCUT2D eigenvalue weighted by atomic mass is 10.1. The van der Waals surface area contributed by atoms with Crippen LogP contribution in [0.2, 0.25) is 0 Å². The summed E-state index contributed by atoms with van der Waals surface area (Å²) < 4.78 is 6.95. The van der Waals surface area contributed by atoms with Crippen molar-refractivity contribution in [3.05, 3.63) is 100 Å². The summed E-state index contributed by atoms with van der Waals surface area (Å²) >= 11 is 0. The Kier molecular flexibility index (Phi) is 4.77. The maximum absolute atomic E-state index is 13.3. The van der Waals surface area contributed by atoms with Crippen LogP contribution >= 0.6 is 0 Å². The highest BCUT2D eigenvalue weighted by atomic mass is 16.5. The van der Waals surface area contributed by atoms with Crippen molar-refractivity contribution in [1.29, 1.82) is 0 Å². The van der Waals surface area contributed by atoms with E-state index in [1.807, 2.05) is 66.7 Å². The van der Waals surface area contributed by atoms with E-state index in [1.54, 1.807) is 17.7 Å². The van der Waals surface area contributed by atoms with Gasteiger partial charge in [-0.15, -0.1) is 0 Å². The maximum Gasteiger partial charge on any atom is 0.266 e. The van der Waals surface area contributed by atoms with E-state index in [9.17, 15) is 4.79 Å². The van der Waals surface area contributed by atoms with Crippen LogP contribution in [-0.2, 0) is 0 Å². The Morgan fingerprint density at radius 1 is 0.929 bits per heavy atom. The van der Waals surface area contributed by atoms with Crippen LogP contribution < -0.4 is 10.3 Å². The van der Waals surface area contributed by atoms with E-state index >= 15 is 0 Å². The van der Waals surface area contributed by atoms with Gasteiger partial charge in [-0.1, -0.05) is 54.1 Å². The number of para-hydroxylation sites is 1. The van der Waals surface area contributed by atoms with Crippen molar-refractivity contribution < 1.29 is 4.74 Å². The zero-order valence-corrected chi connectivity index (χ0v) is 15.8. The molecule has 0 fully saturated rings. The number of rotatable bonds is 4. The molecule has 4 rings (SSSR count). The number of hydrogen-bond acceptors (Lipinski definition) is 3. The molecule has 0 aliphatic heterocycles. The van der Waals surface area contributed by atoms with Crippen molar-refractivity contribution in [2.75, 3.05) is 7.11 Å². The fourth-order valence-electron chi connectivity index (χ4n) is 3.21. The number of aryl methyl sites for hydroxylation is 1. The van der Waals surface area contributed by atoms with Crippen molar-refractivity contribution in [2.45, 2.75) is 6.92 Å². The van der Waals surface area contributed by atoms with Crippen LogP contribution in [0.3, 0.4) is 0 Å². The highest BCUT2D eigenvalue weighted by Crippen LogP contribution is 2.19. The lowest BCUT2D eigenvalue weighted by Crippen LogP contribution is -2.22. The maximum atomic E-state index is 13.3. The highest BCUT2D eigenvalue weighted by Gasteiger charge is 2.11. The Balaban J connectivity index is 1.94. The van der Waals surface area contributed by atoms with E-state index in [2.05, 4.69) is 19.1 Å². The Labute approximate surface area is 163 Å². The van der Waals surface area contributed by atoms with Gasteiger partial charge < -0.3 is 4.74 Å². The second kappa shape index (κ2) is 7.53. The molecule has 0 aliphatic carbocycles. The van der Waals surface area contributed by atoms with E-state index in [0.717, 1.165) is 5.56 Å². The van der Waals surface area contributed by atoms with Gasteiger partial charge in [-0.05, 0) is 42.8 Å². The third-order valence-corrected chi connectivity index (χ3v) is 4.58. The summed E-state index contributed by atoms with van der Waals surface area (Å²) in [5, 5.41) is 0.582. The van der Waals surface area contributed by atoms with Crippen molar-refractivity contribution in [2.24, 2.45) is 0 Å². The van der Waals surface area contributed by atoms with Crippen LogP contribution in [0.15, 0.2) is 77.6 Å². The van der Waals surface area contributed by atoms with Crippen LogP contribution in [0.4, 0.5) is 0 Å². The van der Waals surface area contributed by atoms with Crippen LogP contribution in [0.1, 0.15) is 17.0 Å². The highest BCUT2D eigenvalue weighted by molar-refractivity contribution is 5.80. The van der Waals surface area contributed by atoms with Gasteiger partial charge in [-0.2, -0.15) is 0 Å². The molecule has 4 nitrogen and oxygen atoms in total. The molecule has 0 unspecified atom stereocenters. The lowest BCUT2D eigenvalue weighted by Gasteiger charge is -2.12. The molecule has 138 valence electrons. The van der Waals surface area contributed by atoms with Crippen LogP contribution in [0, 0.1) is 6.92 Å². The van der Waals surface area contributed by atoms with Gasteiger partial charge in [0.2, 0.25) is 0 Å². The second-order valence-corrected chi connectivity index (χ2v) is 6.58. The molecule has 0 atom stereocenters. The van der Waals surface area contributed by atoms with Gasteiger partial charge in [0.05, 0.1) is 23.7 Å². The molecule has 0 aliphatic rings. The summed E-state index contributed by atoms with van der Waals surface area (Å²) in [4.78, 5) is 18.0. The molecule has 1 heterocycles. The fraction of sp³-hybridized carbons (Fsp3) is 0.0833. The smallest absolute Gasteiger partial charge is 0.266 e. The van der Waals surface area contributed by atoms with Crippen LogP contribution in [-0.4, -0.2) is 16.7 Å². The van der Waals surface area contributed by atoms with Crippen molar-refractivity contribution in [3.8, 4) is 11.4 Å². The first kappa shape index (κ1) is 17.7. The number of benzene rings is 3. The standard InChI is InChI=1S/C24H20N2O2/c1-17-7-5-8-18(15-17)13-14-23-25-22-12-4-3-11-21(22)24(27)26(23)19-9-6-10-20(16-19)28-2/h3-16H,1-2H3/b14-13-. The molecule has 0 amide bonds. The normalized spacial score (nSPS) is 11.2. The predicted octanol–water partition coefficient (Wildman–Crippen LogP) is 4.87. The summed E-state index contributed by atoms with van der Waals surface area (Å²) in [6, 6.07) is 23.0. The minimum Gasteiger partial charge on any atom is -0.497 e. The topological polar surface area (TPSA) is 44.1 Å². The summed E-state index contributed by atoms with van der Waals surface area (Å²) in [6.07, 6.45) is 3.85. The minimum absolute atomic E-state index is 0.109. The number of hydrogen-bond donors (Lipinski definition) is 0. The van der Waals surface area contributed by atoms with E-state index in [-0.39, 0.29) is 5.56 Å². The summed E-state index contributed by atoms with van der Waals surface area (Å²) in [5.74, 6) is 1.25. The van der Waals surface area contributed by atoms with Gasteiger partial charge in [-0.3, -0.25) is 9.36 Å². The number of nitrogens with zero attached hydrogens (tertiary/aromatic N) is 2. The molecule has 0 spiro atoms. The van der Waals surface area contributed by atoms with Gasteiger partial charge >= 0.3 is 0 Å². The summed E-state index contributed by atoms with van der Waals surface area (Å²) in [7, 11) is 1.61. The Hall–Kier alpha value is -3.66. The molecule has 3 aromatic carbocycles. The SMILES string of the molecule is COc1cccc(-n2c(/C=C\c3cccc(C)c3)nc3ccccc3c2=O)c1. The average Bonchev–Trinajstić information content (AvgIpc) is 2.72. The predicted molar refractivity (Wildman–Crippen MR) is 114 cm³/mol. The average molecular weight is 368 g/mol. The zero-order chi connectivity index (χ0) is 19.5. The molecule has 4 aromatic rings. The monoisotopic (exact) mass is 368 g/mol. The number of methoxy groups -OCH3 is 1. The fourth-order valence-corrected chi connectivity index (χ4v) is 3.21. The molecular formula is C24H20N2O2. The van der Waals surface area contributed by atoms with Gasteiger partial charge in [-0.25, -0.2) is 4.98 Å². The molecule has 0 N–H and O–H groups in total. The summed E-state index contributed by atoms with van der Waals surface area (Å²) in [5.41, 5.74) is 3.52. The van der Waals surface area contributed by atoms with Gasteiger partial charge in [0.15, 0.2) is 0 Å². The van der Waals surface area contributed by atoms with Crippen LogP contribution in [0.5, 0.6) is 5.75 Å². The Bertz CT molecular complexity index is 1240. The minimum atomic E-state index is -0.109. The van der Waals surface area contributed by atoms with E-state index in [0.29, 0.717) is 28.2 Å². The summed E-state index contributed by atoms with van der Waals surface area (Å²) in [6.45, 7) is 2.05. The molecular weight excluding hydrogens is 348 g/mol. The third-order valence-electron chi connectivity index (χ3n) is 4.58. The number of ether oxygens (including phenoxy) is 1. The van der Waals surface area contributed by atoms with Gasteiger partial charge in [0, 0.05) is 6.07 Å². The largest absolute Gasteiger partial charge is 0.497 e. The van der Waals surface area contributed by atoms with Crippen LogP contribution in [0.25, 0.3) is 28.7 Å². The van der Waals surface area contributed by atoms with E-state index < -0.39 is 0 Å². The second-order valence-electron chi connectivity index (χ2n) is 6.58. The third kappa shape index (κ3) is 3.45. The number of fused-ring (bicyclic) bond motifs is 1.